The molecule has 28 heavy (non-hydrogen) atoms. The lowest BCUT2D eigenvalue weighted by molar-refractivity contribution is 0.0682. The molecule has 4 nitrogen and oxygen atoms in total. The summed E-state index contributed by atoms with van der Waals surface area (Å²) in [5, 5.41) is 0. The highest BCUT2D eigenvalue weighted by Gasteiger charge is 2.24. The third-order valence-electron chi connectivity index (χ3n) is 6.26. The molecule has 1 unspecified atom stereocenters. The lowest BCUT2D eigenvalue weighted by Crippen LogP contribution is -2.39. The topological polar surface area (TPSA) is 36.4 Å². The molecule has 0 saturated carbocycles. The second-order valence-corrected chi connectivity index (χ2v) is 8.55. The van der Waals surface area contributed by atoms with E-state index in [0.717, 1.165) is 49.8 Å². The minimum Gasteiger partial charge on any atom is -0.370 e. The lowest BCUT2D eigenvalue weighted by atomic mass is 9.90. The Balaban J connectivity index is 1.36. The molecule has 2 aliphatic heterocycles. The smallest absolute Gasteiger partial charge is 0.255 e. The van der Waals surface area contributed by atoms with E-state index >= 15 is 0 Å². The van der Waals surface area contributed by atoms with Crippen LogP contribution in [0.25, 0.3) is 0 Å². The molecule has 0 radical (unpaired) electrons. The number of anilines is 1. The molecule has 0 bridgehead atoms. The van der Waals surface area contributed by atoms with Gasteiger partial charge in [0.15, 0.2) is 0 Å². The van der Waals surface area contributed by atoms with E-state index in [1.807, 2.05) is 17.2 Å². The maximum Gasteiger partial charge on any atom is 0.255 e. The number of carbonyl (C=O) groups excluding carboxylic acids is 1. The van der Waals surface area contributed by atoms with Gasteiger partial charge in [0.2, 0.25) is 0 Å². The van der Waals surface area contributed by atoms with Crippen LogP contribution in [0.2, 0.25) is 0 Å². The van der Waals surface area contributed by atoms with Gasteiger partial charge < -0.3 is 9.80 Å². The number of hydrogen-bond acceptors (Lipinski definition) is 3. The monoisotopic (exact) mass is 377 g/mol. The Hall–Kier alpha value is -2.36. The van der Waals surface area contributed by atoms with Gasteiger partial charge in [0.1, 0.15) is 0 Å². The van der Waals surface area contributed by atoms with Gasteiger partial charge in [0.25, 0.3) is 5.91 Å². The van der Waals surface area contributed by atoms with Gasteiger partial charge in [-0.2, -0.15) is 0 Å². The van der Waals surface area contributed by atoms with Gasteiger partial charge in [-0.15, -0.1) is 0 Å². The van der Waals surface area contributed by atoms with Crippen LogP contribution in [0.4, 0.5) is 5.69 Å². The number of piperidine rings is 2. The van der Waals surface area contributed by atoms with E-state index in [-0.39, 0.29) is 5.91 Å². The molecular weight excluding hydrogens is 346 g/mol. The van der Waals surface area contributed by atoms with Crippen LogP contribution in [0.3, 0.4) is 0 Å². The van der Waals surface area contributed by atoms with Gasteiger partial charge in [-0.25, -0.2) is 0 Å². The average molecular weight is 378 g/mol. The third-order valence-corrected chi connectivity index (χ3v) is 6.26. The SMILES string of the molecule is CC1CCCN(C(=O)c2cncc(N3CCC(Cc4ccccc4)CC3)c2)C1. The van der Waals surface area contributed by atoms with E-state index in [4.69, 9.17) is 0 Å². The van der Waals surface area contributed by atoms with Gasteiger partial charge in [0, 0.05) is 32.4 Å². The number of carbonyl (C=O) groups is 1. The summed E-state index contributed by atoms with van der Waals surface area (Å²) < 4.78 is 0. The molecular formula is C24H31N3O. The van der Waals surface area contributed by atoms with Crippen LogP contribution < -0.4 is 4.90 Å². The van der Waals surface area contributed by atoms with Crippen LogP contribution >= 0.6 is 0 Å². The fraction of sp³-hybridized carbons (Fsp3) is 0.500. The Labute approximate surface area is 168 Å². The van der Waals surface area contributed by atoms with Crippen LogP contribution in [-0.2, 0) is 6.42 Å². The minimum absolute atomic E-state index is 0.139. The zero-order valence-electron chi connectivity index (χ0n) is 16.9. The van der Waals surface area contributed by atoms with Crippen LogP contribution in [0, 0.1) is 11.8 Å². The van der Waals surface area contributed by atoms with Crippen molar-refractivity contribution in [2.75, 3.05) is 31.1 Å². The summed E-state index contributed by atoms with van der Waals surface area (Å²) in [7, 11) is 0. The van der Waals surface area contributed by atoms with Crippen molar-refractivity contribution in [2.45, 2.75) is 39.0 Å². The summed E-state index contributed by atoms with van der Waals surface area (Å²) in [6.45, 7) is 6.05. The zero-order valence-corrected chi connectivity index (χ0v) is 16.9. The standard InChI is InChI=1S/C24H31N3O/c1-19-6-5-11-27(18-19)24(28)22-15-23(17-25-16-22)26-12-9-21(10-13-26)14-20-7-3-2-4-8-20/h2-4,7-8,15-17,19,21H,5-6,9-14,18H2,1H3. The molecule has 1 atom stereocenters. The molecule has 2 aromatic rings. The summed E-state index contributed by atoms with van der Waals surface area (Å²) in [6, 6.07) is 12.8. The fourth-order valence-electron chi connectivity index (χ4n) is 4.62. The van der Waals surface area contributed by atoms with Crippen molar-refractivity contribution in [3.63, 3.8) is 0 Å². The van der Waals surface area contributed by atoms with Crippen LogP contribution in [-0.4, -0.2) is 42.0 Å². The first-order chi connectivity index (χ1) is 13.7. The third kappa shape index (κ3) is 4.54. The van der Waals surface area contributed by atoms with E-state index in [1.54, 1.807) is 6.20 Å². The highest BCUT2D eigenvalue weighted by Crippen LogP contribution is 2.26. The normalized spacial score (nSPS) is 21.0. The van der Waals surface area contributed by atoms with Gasteiger partial charge in [0.05, 0.1) is 17.4 Å². The molecule has 2 saturated heterocycles. The second-order valence-electron chi connectivity index (χ2n) is 8.55. The molecule has 0 spiro atoms. The number of amides is 1. The molecule has 1 aromatic carbocycles. The zero-order chi connectivity index (χ0) is 19.3. The van der Waals surface area contributed by atoms with Crippen LogP contribution in [0.15, 0.2) is 48.8 Å². The molecule has 3 heterocycles. The molecule has 0 N–H and O–H groups in total. The first kappa shape index (κ1) is 19.0. The van der Waals surface area contributed by atoms with Crippen LogP contribution in [0.1, 0.15) is 48.5 Å². The van der Waals surface area contributed by atoms with Crippen molar-refractivity contribution in [2.24, 2.45) is 11.8 Å². The van der Waals surface area contributed by atoms with E-state index in [0.29, 0.717) is 5.92 Å². The summed E-state index contributed by atoms with van der Waals surface area (Å²) in [5.74, 6) is 1.48. The predicted molar refractivity (Wildman–Crippen MR) is 114 cm³/mol. The summed E-state index contributed by atoms with van der Waals surface area (Å²) >= 11 is 0. The van der Waals surface area contributed by atoms with Crippen molar-refractivity contribution in [1.82, 2.24) is 9.88 Å². The highest BCUT2D eigenvalue weighted by atomic mass is 16.2. The molecule has 2 aliphatic rings. The van der Waals surface area contributed by atoms with E-state index in [1.165, 1.54) is 31.2 Å². The number of likely N-dealkylation sites (tertiary alicyclic amines) is 1. The number of rotatable bonds is 4. The quantitative estimate of drug-likeness (QED) is 0.792. The number of aromatic nitrogens is 1. The van der Waals surface area contributed by atoms with E-state index in [9.17, 15) is 4.79 Å². The van der Waals surface area contributed by atoms with Crippen LogP contribution in [0.5, 0.6) is 0 Å². The second kappa shape index (κ2) is 8.76. The maximum atomic E-state index is 12.9. The Morgan fingerprint density at radius 3 is 2.61 bits per heavy atom. The Bertz CT molecular complexity index is 783. The van der Waals surface area contributed by atoms with Crippen molar-refractivity contribution in [3.8, 4) is 0 Å². The first-order valence-electron chi connectivity index (χ1n) is 10.7. The number of benzene rings is 1. The number of pyridine rings is 1. The molecule has 1 amide bonds. The van der Waals surface area contributed by atoms with Crippen molar-refractivity contribution >= 4 is 11.6 Å². The molecule has 148 valence electrons. The Morgan fingerprint density at radius 2 is 1.86 bits per heavy atom. The minimum atomic E-state index is 0.139. The fourth-order valence-corrected chi connectivity index (χ4v) is 4.62. The predicted octanol–water partition coefficient (Wildman–Crippen LogP) is 4.41. The largest absolute Gasteiger partial charge is 0.370 e. The van der Waals surface area contributed by atoms with E-state index < -0.39 is 0 Å². The van der Waals surface area contributed by atoms with Gasteiger partial charge in [-0.3, -0.25) is 9.78 Å². The highest BCUT2D eigenvalue weighted by molar-refractivity contribution is 5.94. The molecule has 0 aliphatic carbocycles. The van der Waals surface area contributed by atoms with Gasteiger partial charge >= 0.3 is 0 Å². The maximum absolute atomic E-state index is 12.9. The van der Waals surface area contributed by atoms with E-state index in [2.05, 4.69) is 47.1 Å². The van der Waals surface area contributed by atoms with Crippen molar-refractivity contribution in [1.29, 1.82) is 0 Å². The first-order valence-corrected chi connectivity index (χ1v) is 10.7. The van der Waals surface area contributed by atoms with Crippen molar-refractivity contribution < 1.29 is 4.79 Å². The summed E-state index contributed by atoms with van der Waals surface area (Å²) in [6.07, 6.45) is 9.52. The molecule has 2 fully saturated rings. The molecule has 4 rings (SSSR count). The summed E-state index contributed by atoms with van der Waals surface area (Å²) in [5.41, 5.74) is 3.26. The Kier molecular flexibility index (Phi) is 5.94. The van der Waals surface area contributed by atoms with Gasteiger partial charge in [-0.1, -0.05) is 37.3 Å². The number of nitrogens with zero attached hydrogens (tertiary/aromatic N) is 3. The Morgan fingerprint density at radius 1 is 1.07 bits per heavy atom. The summed E-state index contributed by atoms with van der Waals surface area (Å²) in [4.78, 5) is 21.7. The molecule has 1 aromatic heterocycles. The average Bonchev–Trinajstić information content (AvgIpc) is 2.75. The molecule has 4 heteroatoms. The number of hydrogen-bond donors (Lipinski definition) is 0. The lowest BCUT2D eigenvalue weighted by Gasteiger charge is -2.34. The van der Waals surface area contributed by atoms with Crippen molar-refractivity contribution in [3.05, 3.63) is 59.9 Å². The van der Waals surface area contributed by atoms with Gasteiger partial charge in [-0.05, 0) is 55.6 Å².